The molecule has 0 saturated heterocycles. The number of nitrogens with zero attached hydrogens (tertiary/aromatic N) is 1. The number of nitrogens with one attached hydrogen (secondary N) is 1. The molecular formula is C15H19N3O2S. The van der Waals surface area contributed by atoms with E-state index in [1.165, 1.54) is 0 Å². The Labute approximate surface area is 125 Å². The van der Waals surface area contributed by atoms with Gasteiger partial charge in [-0.3, -0.25) is 4.98 Å². The number of pyridine rings is 1. The van der Waals surface area contributed by atoms with Gasteiger partial charge in [0.1, 0.15) is 4.90 Å². The quantitative estimate of drug-likeness (QED) is 0.825. The molecule has 0 bridgehead atoms. The topological polar surface area (TPSA) is 85.1 Å². The zero-order chi connectivity index (χ0) is 15.5. The highest BCUT2D eigenvalue weighted by atomic mass is 32.2. The zero-order valence-corrected chi connectivity index (χ0v) is 12.9. The Kier molecular flexibility index (Phi) is 4.59. The smallest absolute Gasteiger partial charge is 0.242 e. The van der Waals surface area contributed by atoms with Crippen molar-refractivity contribution in [3.63, 3.8) is 0 Å². The number of hydrogen-bond acceptors (Lipinski definition) is 4. The Morgan fingerprint density at radius 1 is 1.19 bits per heavy atom. The zero-order valence-electron chi connectivity index (χ0n) is 12.1. The second-order valence-corrected chi connectivity index (χ2v) is 6.66. The van der Waals surface area contributed by atoms with Gasteiger partial charge in [0.15, 0.2) is 0 Å². The maximum Gasteiger partial charge on any atom is 0.242 e. The molecule has 0 atom stereocenters. The molecule has 5 nitrogen and oxygen atoms in total. The molecule has 21 heavy (non-hydrogen) atoms. The van der Waals surface area contributed by atoms with Crippen molar-refractivity contribution in [3.05, 3.63) is 53.3 Å². The molecule has 0 amide bonds. The van der Waals surface area contributed by atoms with Gasteiger partial charge in [0.05, 0.1) is 5.69 Å². The van der Waals surface area contributed by atoms with Gasteiger partial charge in [-0.1, -0.05) is 18.2 Å². The highest BCUT2D eigenvalue weighted by Gasteiger charge is 2.20. The number of rotatable bonds is 5. The lowest BCUT2D eigenvalue weighted by atomic mass is 10.1. The highest BCUT2D eigenvalue weighted by Crippen LogP contribution is 2.25. The number of nitrogen functional groups attached to an aromatic ring is 1. The minimum Gasteiger partial charge on any atom is -0.397 e. The maximum atomic E-state index is 12.4. The summed E-state index contributed by atoms with van der Waals surface area (Å²) in [5, 5.41) is 0. The average Bonchev–Trinajstić information content (AvgIpc) is 2.44. The molecule has 3 N–H and O–H groups in total. The molecule has 0 fully saturated rings. The predicted molar refractivity (Wildman–Crippen MR) is 83.5 cm³/mol. The van der Waals surface area contributed by atoms with Gasteiger partial charge < -0.3 is 5.73 Å². The molecule has 112 valence electrons. The van der Waals surface area contributed by atoms with Crippen LogP contribution in [0.25, 0.3) is 0 Å². The van der Waals surface area contributed by atoms with Crippen LogP contribution in [0.4, 0.5) is 5.69 Å². The van der Waals surface area contributed by atoms with Crippen LogP contribution in [0.1, 0.15) is 16.7 Å². The first-order valence-electron chi connectivity index (χ1n) is 6.66. The minimum absolute atomic E-state index is 0.175. The van der Waals surface area contributed by atoms with Crippen molar-refractivity contribution in [1.29, 1.82) is 0 Å². The average molecular weight is 305 g/mol. The fraction of sp³-hybridized carbons (Fsp3) is 0.267. The van der Waals surface area contributed by atoms with Crippen LogP contribution in [0.3, 0.4) is 0 Å². The third-order valence-corrected chi connectivity index (χ3v) is 4.97. The second-order valence-electron chi connectivity index (χ2n) is 4.95. The molecule has 0 aliphatic heterocycles. The van der Waals surface area contributed by atoms with Gasteiger partial charge in [-0.05, 0) is 43.0 Å². The summed E-state index contributed by atoms with van der Waals surface area (Å²) in [5.74, 6) is 0. The summed E-state index contributed by atoms with van der Waals surface area (Å²) in [6.45, 7) is 3.84. The summed E-state index contributed by atoms with van der Waals surface area (Å²) in [6, 6.07) is 7.32. The van der Waals surface area contributed by atoms with Gasteiger partial charge >= 0.3 is 0 Å². The van der Waals surface area contributed by atoms with Crippen LogP contribution in [0.2, 0.25) is 0 Å². The van der Waals surface area contributed by atoms with Crippen LogP contribution in [0.15, 0.2) is 41.6 Å². The van der Waals surface area contributed by atoms with E-state index in [9.17, 15) is 8.42 Å². The van der Waals surface area contributed by atoms with Crippen molar-refractivity contribution in [2.24, 2.45) is 0 Å². The van der Waals surface area contributed by atoms with E-state index in [1.807, 2.05) is 18.2 Å². The van der Waals surface area contributed by atoms with Crippen LogP contribution in [0.5, 0.6) is 0 Å². The monoisotopic (exact) mass is 305 g/mol. The molecule has 0 radical (unpaired) electrons. The van der Waals surface area contributed by atoms with E-state index >= 15 is 0 Å². The molecule has 0 unspecified atom stereocenters. The fourth-order valence-electron chi connectivity index (χ4n) is 2.11. The first-order chi connectivity index (χ1) is 9.92. The van der Waals surface area contributed by atoms with E-state index in [0.29, 0.717) is 24.2 Å². The minimum atomic E-state index is -3.61. The summed E-state index contributed by atoms with van der Waals surface area (Å²) in [6.07, 6.45) is 3.99. The van der Waals surface area contributed by atoms with Gasteiger partial charge in [-0.15, -0.1) is 0 Å². The molecule has 2 aromatic rings. The molecule has 1 heterocycles. The van der Waals surface area contributed by atoms with Crippen molar-refractivity contribution < 1.29 is 8.42 Å². The Balaban J connectivity index is 2.14. The number of anilines is 1. The van der Waals surface area contributed by atoms with Gasteiger partial charge in [-0.25, -0.2) is 13.1 Å². The predicted octanol–water partition coefficient (Wildman–Crippen LogP) is 1.80. The van der Waals surface area contributed by atoms with E-state index < -0.39 is 10.0 Å². The van der Waals surface area contributed by atoms with Crippen LogP contribution >= 0.6 is 0 Å². The van der Waals surface area contributed by atoms with Crippen LogP contribution in [-0.2, 0) is 16.4 Å². The van der Waals surface area contributed by atoms with E-state index in [0.717, 1.165) is 11.1 Å². The number of aryl methyl sites for hydroxylation is 2. The highest BCUT2D eigenvalue weighted by molar-refractivity contribution is 7.89. The lowest BCUT2D eigenvalue weighted by molar-refractivity contribution is 0.581. The maximum absolute atomic E-state index is 12.4. The van der Waals surface area contributed by atoms with Gasteiger partial charge in [-0.2, -0.15) is 0 Å². The molecular weight excluding hydrogens is 286 g/mol. The Hall–Kier alpha value is -1.92. The Morgan fingerprint density at radius 2 is 1.90 bits per heavy atom. The van der Waals surface area contributed by atoms with E-state index in [-0.39, 0.29) is 4.90 Å². The van der Waals surface area contributed by atoms with Crippen molar-refractivity contribution in [1.82, 2.24) is 9.71 Å². The standard InChI is InChI=1S/C15H19N3O2S/c1-11-5-6-12(2)15(14(11)16)21(19,20)18-9-7-13-4-3-8-17-10-13/h3-6,8,10,18H,7,9,16H2,1-2H3. The third kappa shape index (κ3) is 3.59. The Morgan fingerprint density at radius 3 is 2.57 bits per heavy atom. The molecule has 1 aromatic carbocycles. The number of aromatic nitrogens is 1. The molecule has 0 saturated carbocycles. The SMILES string of the molecule is Cc1ccc(C)c(S(=O)(=O)NCCc2cccnc2)c1N. The normalized spacial score (nSPS) is 11.5. The van der Waals surface area contributed by atoms with Crippen LogP contribution in [0, 0.1) is 13.8 Å². The number of sulfonamides is 1. The molecule has 0 aliphatic rings. The fourth-order valence-corrected chi connectivity index (χ4v) is 3.57. The molecule has 2 rings (SSSR count). The van der Waals surface area contributed by atoms with Gasteiger partial charge in [0.2, 0.25) is 10.0 Å². The van der Waals surface area contributed by atoms with E-state index in [2.05, 4.69) is 9.71 Å². The molecule has 0 spiro atoms. The first-order valence-corrected chi connectivity index (χ1v) is 8.14. The first kappa shape index (κ1) is 15.5. The third-order valence-electron chi connectivity index (χ3n) is 3.31. The largest absolute Gasteiger partial charge is 0.397 e. The number of benzene rings is 1. The van der Waals surface area contributed by atoms with Crippen LogP contribution in [-0.4, -0.2) is 19.9 Å². The second kappa shape index (κ2) is 6.24. The van der Waals surface area contributed by atoms with Crippen molar-refractivity contribution in [3.8, 4) is 0 Å². The Bertz CT molecular complexity index is 728. The van der Waals surface area contributed by atoms with Crippen LogP contribution < -0.4 is 10.5 Å². The van der Waals surface area contributed by atoms with E-state index in [1.54, 1.807) is 32.3 Å². The summed E-state index contributed by atoms with van der Waals surface area (Å²) in [7, 11) is -3.61. The summed E-state index contributed by atoms with van der Waals surface area (Å²) in [4.78, 5) is 4.18. The lowest BCUT2D eigenvalue weighted by Gasteiger charge is -2.13. The number of nitrogens with two attached hydrogens (primary N) is 1. The molecule has 1 aromatic heterocycles. The molecule has 6 heteroatoms. The lowest BCUT2D eigenvalue weighted by Crippen LogP contribution is -2.27. The summed E-state index contributed by atoms with van der Waals surface area (Å²) in [5.41, 5.74) is 8.62. The van der Waals surface area contributed by atoms with Crippen molar-refractivity contribution in [2.45, 2.75) is 25.2 Å². The van der Waals surface area contributed by atoms with Gasteiger partial charge in [0.25, 0.3) is 0 Å². The summed E-state index contributed by atoms with van der Waals surface area (Å²) >= 11 is 0. The molecule has 0 aliphatic carbocycles. The summed E-state index contributed by atoms with van der Waals surface area (Å²) < 4.78 is 27.4. The number of hydrogen-bond donors (Lipinski definition) is 2. The van der Waals surface area contributed by atoms with Crippen molar-refractivity contribution >= 4 is 15.7 Å². The van der Waals surface area contributed by atoms with E-state index in [4.69, 9.17) is 5.73 Å². The van der Waals surface area contributed by atoms with Gasteiger partial charge in [0, 0.05) is 18.9 Å². The van der Waals surface area contributed by atoms with Crippen molar-refractivity contribution in [2.75, 3.05) is 12.3 Å².